The lowest BCUT2D eigenvalue weighted by Gasteiger charge is -2.35. The molecular weight excluding hydrogens is 863 g/mol. The smallest absolute Gasteiger partial charge is 0.179 e. The third-order valence-corrected chi connectivity index (χ3v) is 19.5. The second-order valence-corrected chi connectivity index (χ2v) is 22.2. The van der Waals surface area contributed by atoms with Crippen LogP contribution in [0.5, 0.6) is 0 Å². The number of hydrogen-bond acceptors (Lipinski definition) is 0. The van der Waals surface area contributed by atoms with Crippen LogP contribution >= 0.6 is 0 Å². The molecule has 11 aromatic carbocycles. The average molecular weight is 908 g/mol. The molecule has 0 radical (unpaired) electrons. The molecule has 0 saturated heterocycles. The van der Waals surface area contributed by atoms with Crippen molar-refractivity contribution in [3.05, 3.63) is 273 Å². The fraction of sp³-hybridized carbons (Fsp3) is 0. The Bertz CT molecular complexity index is 4220. The van der Waals surface area contributed by atoms with Gasteiger partial charge in [-0.1, -0.05) is 200 Å². The summed E-state index contributed by atoms with van der Waals surface area (Å²) >= 11 is 0. The minimum absolute atomic E-state index is 1.15. The number of hydrogen-bond donors (Lipinski definition) is 0. The maximum absolute atomic E-state index is 2.97. The molecule has 0 N–H and O–H groups in total. The van der Waals surface area contributed by atoms with E-state index >= 15 is 0 Å². The molecule has 0 unspecified atom stereocenters. The van der Waals surface area contributed by atoms with Gasteiger partial charge >= 0.3 is 0 Å². The Balaban J connectivity index is 0.989. The summed E-state index contributed by atoms with van der Waals surface area (Å²) in [5.74, 6) is 0. The minimum Gasteiger partial charge on any atom is -0.309 e. The monoisotopic (exact) mass is 907 g/mol. The standard InChI is InChI=1S/C66H45N3Si/c1-5-20-48(21-6-1)67-60-33-16-14-31-56(60)59-44-47(38-42-63(59)67)46-36-39-53(40-37-46)70(51-25-9-3-10-26-51,52-27-11-4-12-28-52)54-29-19-24-50(45-54)69-61-34-17-13-30-55(61)57-41-43-64-65(66(57)69)58-32-15-18-35-62(58)68(64)49-22-7-2-8-23-49/h1-45H. The summed E-state index contributed by atoms with van der Waals surface area (Å²) in [6, 6.07) is 101. The molecular formula is C66H45N3Si. The van der Waals surface area contributed by atoms with Crippen LogP contribution in [-0.4, -0.2) is 21.8 Å². The Kier molecular flexibility index (Phi) is 9.23. The second-order valence-electron chi connectivity index (χ2n) is 18.4. The zero-order valence-electron chi connectivity index (χ0n) is 38.3. The van der Waals surface area contributed by atoms with Gasteiger partial charge in [0.15, 0.2) is 8.07 Å². The molecule has 0 aliphatic rings. The largest absolute Gasteiger partial charge is 0.309 e. The lowest BCUT2D eigenvalue weighted by molar-refractivity contribution is 1.17. The molecule has 0 fully saturated rings. The minimum atomic E-state index is -2.97. The maximum atomic E-state index is 2.54. The third kappa shape index (κ3) is 6.00. The first-order chi connectivity index (χ1) is 34.8. The average Bonchev–Trinajstić information content (AvgIpc) is 4.08. The van der Waals surface area contributed by atoms with Gasteiger partial charge in [0.25, 0.3) is 0 Å². The van der Waals surface area contributed by atoms with Gasteiger partial charge in [-0.2, -0.15) is 0 Å². The highest BCUT2D eigenvalue weighted by Crippen LogP contribution is 2.42. The van der Waals surface area contributed by atoms with Crippen molar-refractivity contribution in [3.8, 4) is 28.2 Å². The Hall–Kier alpha value is -8.96. The van der Waals surface area contributed by atoms with Crippen LogP contribution in [0, 0.1) is 0 Å². The van der Waals surface area contributed by atoms with Gasteiger partial charge in [-0.05, 0) is 105 Å². The van der Waals surface area contributed by atoms with Crippen molar-refractivity contribution in [2.75, 3.05) is 0 Å². The van der Waals surface area contributed by atoms with E-state index in [0.29, 0.717) is 0 Å². The number of aromatic nitrogens is 3. The molecule has 0 aliphatic heterocycles. The maximum Gasteiger partial charge on any atom is 0.179 e. The van der Waals surface area contributed by atoms with Crippen molar-refractivity contribution < 1.29 is 0 Å². The molecule has 328 valence electrons. The molecule has 0 bridgehead atoms. The van der Waals surface area contributed by atoms with Gasteiger partial charge in [-0.25, -0.2) is 0 Å². The van der Waals surface area contributed by atoms with Crippen LogP contribution in [0.4, 0.5) is 0 Å². The highest BCUT2D eigenvalue weighted by Gasteiger charge is 2.41. The zero-order valence-corrected chi connectivity index (χ0v) is 39.3. The summed E-state index contributed by atoms with van der Waals surface area (Å²) in [6.45, 7) is 0. The van der Waals surface area contributed by atoms with Crippen LogP contribution in [0.3, 0.4) is 0 Å². The number of fused-ring (bicyclic) bond motifs is 10. The fourth-order valence-electron chi connectivity index (χ4n) is 11.8. The van der Waals surface area contributed by atoms with E-state index in [1.54, 1.807) is 0 Å². The van der Waals surface area contributed by atoms with E-state index in [2.05, 4.69) is 287 Å². The van der Waals surface area contributed by atoms with Crippen LogP contribution in [0.15, 0.2) is 273 Å². The number of rotatable bonds is 8. The van der Waals surface area contributed by atoms with Gasteiger partial charge in [0.05, 0.1) is 33.1 Å². The Labute approximate surface area is 407 Å². The first-order valence-electron chi connectivity index (χ1n) is 24.2. The normalized spacial score (nSPS) is 12.0. The molecule has 4 heteroatoms. The molecule has 3 nitrogen and oxygen atoms in total. The topological polar surface area (TPSA) is 14.8 Å². The summed E-state index contributed by atoms with van der Waals surface area (Å²) < 4.78 is 7.35. The van der Waals surface area contributed by atoms with Crippen molar-refractivity contribution in [2.24, 2.45) is 0 Å². The molecule has 14 rings (SSSR count). The molecule has 70 heavy (non-hydrogen) atoms. The van der Waals surface area contributed by atoms with Gasteiger partial charge in [0.1, 0.15) is 0 Å². The molecule has 0 saturated carbocycles. The summed E-state index contributed by atoms with van der Waals surface area (Å²) in [6.07, 6.45) is 0. The van der Waals surface area contributed by atoms with Crippen molar-refractivity contribution >= 4 is 94.2 Å². The van der Waals surface area contributed by atoms with Crippen LogP contribution in [0.1, 0.15) is 0 Å². The summed E-state index contributed by atoms with van der Waals surface area (Å²) in [5, 5.41) is 12.9. The van der Waals surface area contributed by atoms with Crippen LogP contribution in [0.25, 0.3) is 93.6 Å². The van der Waals surface area contributed by atoms with Crippen molar-refractivity contribution in [1.82, 2.24) is 13.7 Å². The Morgan fingerprint density at radius 1 is 0.229 bits per heavy atom. The van der Waals surface area contributed by atoms with Crippen molar-refractivity contribution in [1.29, 1.82) is 0 Å². The van der Waals surface area contributed by atoms with Gasteiger partial charge in [-0.3, -0.25) is 0 Å². The molecule has 14 aromatic rings. The fourth-order valence-corrected chi connectivity index (χ4v) is 16.6. The van der Waals surface area contributed by atoms with Gasteiger partial charge in [-0.15, -0.1) is 0 Å². The SMILES string of the molecule is c1ccc(-n2c3ccccc3c3cc(-c4ccc([Si](c5ccccc5)(c5ccccc5)c5cccc(-n6c7ccccc7c7ccc8c(c9ccccc9n8-c8ccccc8)c76)c5)cc4)ccc32)cc1. The molecule has 0 aliphatic carbocycles. The number of para-hydroxylation sites is 5. The highest BCUT2D eigenvalue weighted by atomic mass is 28.3. The lowest BCUT2D eigenvalue weighted by Crippen LogP contribution is -2.74. The van der Waals surface area contributed by atoms with Crippen LogP contribution in [0.2, 0.25) is 0 Å². The van der Waals surface area contributed by atoms with Gasteiger partial charge in [0.2, 0.25) is 0 Å². The predicted octanol–water partition coefficient (Wildman–Crippen LogP) is 14.0. The zero-order chi connectivity index (χ0) is 46.2. The first-order valence-corrected chi connectivity index (χ1v) is 26.2. The van der Waals surface area contributed by atoms with Crippen molar-refractivity contribution in [2.45, 2.75) is 0 Å². The Morgan fingerprint density at radius 2 is 0.657 bits per heavy atom. The summed E-state index contributed by atoms with van der Waals surface area (Å²) in [7, 11) is -2.97. The van der Waals surface area contributed by atoms with Crippen LogP contribution < -0.4 is 20.7 Å². The molecule has 0 spiro atoms. The third-order valence-electron chi connectivity index (χ3n) is 14.8. The summed E-state index contributed by atoms with van der Waals surface area (Å²) in [4.78, 5) is 0. The van der Waals surface area contributed by atoms with E-state index in [-0.39, 0.29) is 0 Å². The Morgan fingerprint density at radius 3 is 1.29 bits per heavy atom. The van der Waals surface area contributed by atoms with Gasteiger partial charge < -0.3 is 13.7 Å². The number of benzene rings is 11. The van der Waals surface area contributed by atoms with E-state index in [1.165, 1.54) is 103 Å². The molecule has 0 amide bonds. The van der Waals surface area contributed by atoms with Crippen LogP contribution in [-0.2, 0) is 0 Å². The van der Waals surface area contributed by atoms with Gasteiger partial charge in [0, 0.05) is 49.4 Å². The molecule has 3 aromatic heterocycles. The van der Waals surface area contributed by atoms with E-state index in [4.69, 9.17) is 0 Å². The summed E-state index contributed by atoms with van der Waals surface area (Å²) in [5.41, 5.74) is 13.1. The molecule has 3 heterocycles. The quantitative estimate of drug-likeness (QED) is 0.107. The van der Waals surface area contributed by atoms with E-state index in [1.807, 2.05) is 0 Å². The molecule has 0 atom stereocenters. The van der Waals surface area contributed by atoms with E-state index < -0.39 is 8.07 Å². The second kappa shape index (κ2) is 16.1. The first kappa shape index (κ1) is 40.1. The highest BCUT2D eigenvalue weighted by molar-refractivity contribution is 7.19. The number of nitrogens with zero attached hydrogens (tertiary/aromatic N) is 3. The van der Waals surface area contributed by atoms with Crippen molar-refractivity contribution in [3.63, 3.8) is 0 Å². The lowest BCUT2D eigenvalue weighted by atomic mass is 10.0. The predicted molar refractivity (Wildman–Crippen MR) is 299 cm³/mol. The van der Waals surface area contributed by atoms with E-state index in [0.717, 1.165) is 11.4 Å². The van der Waals surface area contributed by atoms with E-state index in [9.17, 15) is 0 Å².